The molecule has 0 spiro atoms. The number of aliphatic carboxylic acids is 1. The molecule has 2 fully saturated rings. The van der Waals surface area contributed by atoms with E-state index in [0.29, 0.717) is 12.0 Å². The second-order valence-corrected chi connectivity index (χ2v) is 17.7. The van der Waals surface area contributed by atoms with Crippen molar-refractivity contribution >= 4 is 35.6 Å². The second kappa shape index (κ2) is 21.2. The number of hydrogen-bond donors (Lipinski definition) is 5. The summed E-state index contributed by atoms with van der Waals surface area (Å²) in [6.07, 6.45) is 3.53. The summed E-state index contributed by atoms with van der Waals surface area (Å²) in [5, 5.41) is 46.1. The number of carboxylic acids is 1. The number of carbonyl (C=O) groups is 4. The van der Waals surface area contributed by atoms with Gasteiger partial charge in [0.2, 0.25) is 11.7 Å². The molecule has 1 amide bonds. The average Bonchev–Trinajstić information content (AvgIpc) is 3.14. The predicted octanol–water partition coefficient (Wildman–Crippen LogP) is 4.32. The van der Waals surface area contributed by atoms with Crippen molar-refractivity contribution in [2.45, 2.75) is 135 Å². The Morgan fingerprint density at radius 2 is 1.75 bits per heavy atom. The monoisotopic (exact) mass is 823 g/mol. The highest BCUT2D eigenvalue weighted by Gasteiger charge is 2.53. The average molecular weight is 824 g/mol. The molecule has 3 aliphatic rings. The third-order valence-corrected chi connectivity index (χ3v) is 12.8. The summed E-state index contributed by atoms with van der Waals surface area (Å²) in [7, 11) is 2.80. The van der Waals surface area contributed by atoms with Gasteiger partial charge in [-0.25, -0.2) is 9.59 Å². The first-order valence-corrected chi connectivity index (χ1v) is 20.8. The molecule has 0 bridgehead atoms. The molecule has 0 aliphatic carbocycles. The van der Waals surface area contributed by atoms with Gasteiger partial charge in [0.15, 0.2) is 5.79 Å². The fraction of sp³-hybridized carbons (Fsp3) is 0.714. The molecule has 2 saturated heterocycles. The summed E-state index contributed by atoms with van der Waals surface area (Å²) in [4.78, 5) is 50.9. The van der Waals surface area contributed by atoms with Crippen LogP contribution in [0, 0.1) is 35.5 Å². The maximum absolute atomic E-state index is 13.7. The van der Waals surface area contributed by atoms with E-state index in [1.807, 2.05) is 53.7 Å². The van der Waals surface area contributed by atoms with E-state index in [1.165, 1.54) is 20.3 Å². The van der Waals surface area contributed by atoms with Crippen molar-refractivity contribution in [3.05, 3.63) is 47.3 Å². The summed E-state index contributed by atoms with van der Waals surface area (Å²) >= 11 is 1.07. The predicted molar refractivity (Wildman–Crippen MR) is 214 cm³/mol. The molecule has 0 saturated carbocycles. The molecule has 3 rings (SSSR count). The van der Waals surface area contributed by atoms with Crippen molar-refractivity contribution in [3.63, 3.8) is 0 Å². The third kappa shape index (κ3) is 12.6. The van der Waals surface area contributed by atoms with Crippen LogP contribution in [0.25, 0.3) is 0 Å². The van der Waals surface area contributed by atoms with Gasteiger partial charge in [-0.3, -0.25) is 9.59 Å². The summed E-state index contributed by atoms with van der Waals surface area (Å²) in [5.74, 6) is -7.90. The number of aliphatic hydroxyl groups is 3. The minimum absolute atomic E-state index is 0.0553. The van der Waals surface area contributed by atoms with Crippen LogP contribution in [0.2, 0.25) is 0 Å². The van der Waals surface area contributed by atoms with Crippen LogP contribution in [0.1, 0.15) is 81.6 Å². The number of carboxylic acid groups (broad SMARTS) is 1. The first-order chi connectivity index (χ1) is 26.6. The first kappa shape index (κ1) is 48.2. The van der Waals surface area contributed by atoms with Gasteiger partial charge in [0, 0.05) is 43.0 Å². The highest BCUT2D eigenvalue weighted by Crippen LogP contribution is 2.43. The number of nitrogens with one attached hydrogen (secondary N) is 1. The zero-order valence-electron chi connectivity index (χ0n) is 35.2. The van der Waals surface area contributed by atoms with Gasteiger partial charge >= 0.3 is 17.9 Å². The van der Waals surface area contributed by atoms with E-state index in [0.717, 1.165) is 17.3 Å². The molecule has 15 heteroatoms. The Labute approximate surface area is 341 Å². The molecule has 0 aromatic carbocycles. The summed E-state index contributed by atoms with van der Waals surface area (Å²) in [5.41, 5.74) is 1.69. The highest BCUT2D eigenvalue weighted by molar-refractivity contribution is 8.00. The Balaban J connectivity index is 1.93. The van der Waals surface area contributed by atoms with Crippen molar-refractivity contribution in [2.24, 2.45) is 35.5 Å². The Morgan fingerprint density at radius 1 is 1.09 bits per heavy atom. The fourth-order valence-electron chi connectivity index (χ4n) is 7.92. The van der Waals surface area contributed by atoms with Crippen molar-refractivity contribution in [3.8, 4) is 0 Å². The molecule has 0 radical (unpaired) electrons. The number of rotatable bonds is 11. The van der Waals surface area contributed by atoms with E-state index in [4.69, 9.17) is 23.7 Å². The van der Waals surface area contributed by atoms with Crippen LogP contribution >= 0.6 is 11.8 Å². The van der Waals surface area contributed by atoms with Crippen LogP contribution in [0.3, 0.4) is 0 Å². The van der Waals surface area contributed by atoms with Gasteiger partial charge in [0.05, 0.1) is 37.1 Å². The first-order valence-electron chi connectivity index (χ1n) is 19.8. The molecule has 0 aromatic heterocycles. The largest absolute Gasteiger partial charge is 0.490 e. The Hall–Kier alpha value is -3.21. The number of methoxy groups -OCH3 is 2. The number of hydrogen-bond acceptors (Lipinski definition) is 13. The van der Waals surface area contributed by atoms with Crippen LogP contribution in [0.4, 0.5) is 0 Å². The summed E-state index contributed by atoms with van der Waals surface area (Å²) < 4.78 is 29.7. The second-order valence-electron chi connectivity index (χ2n) is 16.4. The minimum Gasteiger partial charge on any atom is -0.490 e. The Kier molecular flexibility index (Phi) is 17.9. The molecule has 5 N–H and O–H groups in total. The van der Waals surface area contributed by atoms with E-state index in [2.05, 4.69) is 5.32 Å². The lowest BCUT2D eigenvalue weighted by atomic mass is 9.76. The lowest BCUT2D eigenvalue weighted by Gasteiger charge is -2.50. The molecular weight excluding hydrogens is 759 g/mol. The van der Waals surface area contributed by atoms with Crippen LogP contribution in [-0.2, 0) is 42.9 Å². The number of aliphatic hydroxyl groups excluding tert-OH is 2. The lowest BCUT2D eigenvalue weighted by molar-refractivity contribution is -0.329. The topological polar surface area (TPSA) is 207 Å². The smallest absolute Gasteiger partial charge is 0.373 e. The van der Waals surface area contributed by atoms with Gasteiger partial charge in [0.1, 0.15) is 24.4 Å². The van der Waals surface area contributed by atoms with Crippen molar-refractivity contribution in [1.82, 2.24) is 5.32 Å². The molecule has 14 unspecified atom stereocenters. The molecule has 322 valence electrons. The van der Waals surface area contributed by atoms with Crippen LogP contribution in [-0.4, -0.2) is 118 Å². The van der Waals surface area contributed by atoms with Crippen molar-refractivity contribution < 1.29 is 63.3 Å². The molecule has 14 atom stereocenters. The van der Waals surface area contributed by atoms with E-state index in [9.17, 15) is 39.6 Å². The summed E-state index contributed by atoms with van der Waals surface area (Å²) in [6, 6.07) is -1.04. The van der Waals surface area contributed by atoms with Crippen molar-refractivity contribution in [2.75, 3.05) is 20.0 Å². The maximum Gasteiger partial charge on any atom is 0.373 e. The van der Waals surface area contributed by atoms with Crippen LogP contribution < -0.4 is 5.32 Å². The maximum atomic E-state index is 13.7. The number of amides is 1. The van der Waals surface area contributed by atoms with E-state index in [-0.39, 0.29) is 48.0 Å². The SMILES string of the molecule is COC1=CC(C)=CC(C)C(O)C(C)CC(C)=CC=CC(OC)C(C(C)C(O)C(C)C2(O)CC(OC(=O)CC3SCC(C(=O)O)NC3=O)C(C)C(C(C)C)O2)OC1=O. The van der Waals surface area contributed by atoms with Crippen LogP contribution in [0.15, 0.2) is 47.3 Å². The Morgan fingerprint density at radius 3 is 2.33 bits per heavy atom. The zero-order valence-corrected chi connectivity index (χ0v) is 36.0. The number of carbonyl (C=O) groups excluding carboxylic acids is 3. The highest BCUT2D eigenvalue weighted by atomic mass is 32.2. The quantitative estimate of drug-likeness (QED) is 0.184. The van der Waals surface area contributed by atoms with E-state index < -0.39 is 89.4 Å². The Bertz CT molecular complexity index is 1540. The molecular formula is C42H65NO13S. The summed E-state index contributed by atoms with van der Waals surface area (Å²) in [6.45, 7) is 16.6. The number of cyclic esters (lactones) is 1. The number of allylic oxidation sites excluding steroid dienone is 5. The minimum atomic E-state index is -2.01. The van der Waals surface area contributed by atoms with Gasteiger partial charge in [0.25, 0.3) is 0 Å². The zero-order chi connectivity index (χ0) is 42.9. The molecule has 14 nitrogen and oxygen atoms in total. The van der Waals surface area contributed by atoms with Gasteiger partial charge < -0.3 is 49.4 Å². The number of thioether (sulfide) groups is 1. The lowest BCUT2D eigenvalue weighted by Crippen LogP contribution is -2.60. The normalized spacial score (nSPS) is 35.1. The molecule has 0 aromatic rings. The van der Waals surface area contributed by atoms with E-state index >= 15 is 0 Å². The van der Waals surface area contributed by atoms with Crippen molar-refractivity contribution in [1.29, 1.82) is 0 Å². The third-order valence-electron chi connectivity index (χ3n) is 11.5. The van der Waals surface area contributed by atoms with Crippen LogP contribution in [0.5, 0.6) is 0 Å². The molecule has 57 heavy (non-hydrogen) atoms. The number of ether oxygens (including phenoxy) is 5. The van der Waals surface area contributed by atoms with Gasteiger partial charge in [-0.1, -0.05) is 83.9 Å². The fourth-order valence-corrected chi connectivity index (χ4v) is 9.04. The van der Waals surface area contributed by atoms with Gasteiger partial charge in [-0.05, 0) is 38.2 Å². The standard InChI is InChI=1S/C42H65NO13S/c1-21(2)37-26(7)32(54-34(44)18-33-39(47)43-29(20-57-33)40(48)49)19-42(51,56-37)28(9)36(46)27(8)38-30(52-10)14-12-13-22(3)15-24(5)35(45)25(6)16-23(4)17-31(53-11)41(50)55-38/h12-14,16-17,21,24-30,32-33,35-38,45-46,51H,15,18-20H2,1-11H3,(H,43,47)(H,48,49). The van der Waals surface area contributed by atoms with Gasteiger partial charge in [-0.2, -0.15) is 0 Å². The van der Waals surface area contributed by atoms with E-state index in [1.54, 1.807) is 32.9 Å². The van der Waals surface area contributed by atoms with Gasteiger partial charge in [-0.15, -0.1) is 11.8 Å². The molecule has 3 heterocycles. The molecule has 3 aliphatic heterocycles. The number of esters is 2.